The Morgan fingerprint density at radius 1 is 1.30 bits per heavy atom. The fraction of sp³-hybridized carbons (Fsp3) is 0.643. The van der Waals surface area contributed by atoms with Crippen LogP contribution in [0, 0.1) is 0 Å². The monoisotopic (exact) mass is 406 g/mol. The molecule has 1 aromatic rings. The third-order valence-corrected chi connectivity index (χ3v) is 4.98. The van der Waals surface area contributed by atoms with Crippen molar-refractivity contribution in [3.05, 3.63) is 17.5 Å². The van der Waals surface area contributed by atoms with Crippen LogP contribution in [0.5, 0.6) is 0 Å². The molecule has 0 amide bonds. The van der Waals surface area contributed by atoms with E-state index in [-0.39, 0.29) is 24.0 Å². The van der Waals surface area contributed by atoms with E-state index in [9.17, 15) is 0 Å². The zero-order valence-electron chi connectivity index (χ0n) is 11.9. The fourth-order valence-corrected chi connectivity index (χ4v) is 3.41. The molecule has 2 heterocycles. The molecule has 0 unspecified atom stereocenters. The van der Waals surface area contributed by atoms with Gasteiger partial charge in [0.1, 0.15) is 0 Å². The summed E-state index contributed by atoms with van der Waals surface area (Å²) in [4.78, 5) is 9.30. The summed E-state index contributed by atoms with van der Waals surface area (Å²) in [5.74, 6) is 1.09. The Labute approximate surface area is 142 Å². The molecule has 1 aliphatic carbocycles. The summed E-state index contributed by atoms with van der Waals surface area (Å²) in [5, 5.41) is 7.12. The second-order valence-electron chi connectivity index (χ2n) is 5.24. The molecule has 1 saturated heterocycles. The topological polar surface area (TPSA) is 30.9 Å². The summed E-state index contributed by atoms with van der Waals surface area (Å²) in [7, 11) is 1.90. The largest absolute Gasteiger partial charge is 0.360 e. The first-order valence-corrected chi connectivity index (χ1v) is 8.01. The second kappa shape index (κ2) is 7.49. The highest BCUT2D eigenvalue weighted by atomic mass is 127. The minimum Gasteiger partial charge on any atom is -0.360 e. The van der Waals surface area contributed by atoms with Gasteiger partial charge in [0, 0.05) is 39.3 Å². The van der Waals surface area contributed by atoms with Crippen LogP contribution < -0.4 is 10.2 Å². The molecular weight excluding hydrogens is 383 g/mol. The van der Waals surface area contributed by atoms with Crippen molar-refractivity contribution in [1.29, 1.82) is 0 Å². The van der Waals surface area contributed by atoms with E-state index in [0.717, 1.165) is 32.1 Å². The van der Waals surface area contributed by atoms with E-state index in [4.69, 9.17) is 0 Å². The number of rotatable bonds is 2. The molecule has 0 bridgehead atoms. The first-order chi connectivity index (χ1) is 9.36. The Balaban J connectivity index is 0.00000147. The van der Waals surface area contributed by atoms with Crippen LogP contribution in [-0.2, 0) is 0 Å². The minimum absolute atomic E-state index is 0. The maximum atomic E-state index is 4.44. The summed E-state index contributed by atoms with van der Waals surface area (Å²) in [6.45, 7) is 4.30. The molecule has 0 atom stereocenters. The van der Waals surface area contributed by atoms with Gasteiger partial charge in [-0.3, -0.25) is 4.99 Å². The van der Waals surface area contributed by atoms with E-state index in [2.05, 4.69) is 37.6 Å². The molecule has 1 aliphatic heterocycles. The molecule has 20 heavy (non-hydrogen) atoms. The molecule has 3 rings (SSSR count). The number of hydrogen-bond donors (Lipinski definition) is 1. The van der Waals surface area contributed by atoms with Crippen LogP contribution in [0.2, 0.25) is 0 Å². The van der Waals surface area contributed by atoms with Crippen LogP contribution in [0.3, 0.4) is 0 Å². The molecule has 0 radical (unpaired) electrons. The van der Waals surface area contributed by atoms with Gasteiger partial charge in [-0.05, 0) is 36.8 Å². The molecule has 112 valence electrons. The summed E-state index contributed by atoms with van der Waals surface area (Å²) < 4.78 is 0. The molecule has 1 aromatic heterocycles. The molecule has 1 saturated carbocycles. The van der Waals surface area contributed by atoms with E-state index in [1.807, 2.05) is 18.4 Å². The number of aliphatic imine (C=N–C) groups is 1. The van der Waals surface area contributed by atoms with Crippen molar-refractivity contribution in [3.63, 3.8) is 0 Å². The van der Waals surface area contributed by atoms with Gasteiger partial charge in [0.15, 0.2) is 5.96 Å². The third kappa shape index (κ3) is 3.58. The summed E-state index contributed by atoms with van der Waals surface area (Å²) in [6, 6.07) is 5.00. The highest BCUT2D eigenvalue weighted by Crippen LogP contribution is 2.23. The Morgan fingerprint density at radius 2 is 2.05 bits per heavy atom. The van der Waals surface area contributed by atoms with E-state index < -0.39 is 0 Å². The lowest BCUT2D eigenvalue weighted by atomic mass is 9.93. The first-order valence-electron chi connectivity index (χ1n) is 7.13. The van der Waals surface area contributed by atoms with Gasteiger partial charge in [-0.15, -0.1) is 35.3 Å². The van der Waals surface area contributed by atoms with Crippen molar-refractivity contribution >= 4 is 46.3 Å². The lowest BCUT2D eigenvalue weighted by molar-refractivity contribution is 0.332. The standard InChI is InChI=1S/C14H22N4S.HI/c1-15-14(16-12-4-2-5-12)18-9-7-17(8-10-18)13-6-3-11-19-13;/h3,6,11-12H,2,4-5,7-10H2,1H3,(H,15,16);1H. The highest BCUT2D eigenvalue weighted by Gasteiger charge is 2.24. The Hall–Kier alpha value is -0.500. The quantitative estimate of drug-likeness (QED) is 0.466. The highest BCUT2D eigenvalue weighted by molar-refractivity contribution is 14.0. The fourth-order valence-electron chi connectivity index (χ4n) is 2.62. The maximum Gasteiger partial charge on any atom is 0.193 e. The van der Waals surface area contributed by atoms with Crippen LogP contribution in [0.1, 0.15) is 19.3 Å². The van der Waals surface area contributed by atoms with Gasteiger partial charge in [0.05, 0.1) is 5.00 Å². The van der Waals surface area contributed by atoms with Gasteiger partial charge < -0.3 is 15.1 Å². The van der Waals surface area contributed by atoms with Crippen LogP contribution in [0.25, 0.3) is 0 Å². The maximum absolute atomic E-state index is 4.44. The molecule has 1 N–H and O–H groups in total. The van der Waals surface area contributed by atoms with Gasteiger partial charge in [0.2, 0.25) is 0 Å². The lowest BCUT2D eigenvalue weighted by Gasteiger charge is -2.39. The van der Waals surface area contributed by atoms with Crippen LogP contribution in [-0.4, -0.2) is 50.1 Å². The van der Waals surface area contributed by atoms with Crippen molar-refractivity contribution < 1.29 is 0 Å². The minimum atomic E-state index is 0. The number of guanidine groups is 1. The van der Waals surface area contributed by atoms with Gasteiger partial charge >= 0.3 is 0 Å². The van der Waals surface area contributed by atoms with Crippen LogP contribution in [0.15, 0.2) is 22.5 Å². The molecular formula is C14H23IN4S. The van der Waals surface area contributed by atoms with Crippen LogP contribution in [0.4, 0.5) is 5.00 Å². The predicted molar refractivity (Wildman–Crippen MR) is 97.7 cm³/mol. The third-order valence-electron chi connectivity index (χ3n) is 4.05. The Morgan fingerprint density at radius 3 is 2.55 bits per heavy atom. The number of piperazine rings is 1. The average Bonchev–Trinajstić information content (AvgIpc) is 2.92. The van der Waals surface area contributed by atoms with E-state index >= 15 is 0 Å². The Kier molecular flexibility index (Phi) is 5.95. The number of halogens is 1. The van der Waals surface area contributed by atoms with Gasteiger partial charge in [-0.25, -0.2) is 0 Å². The van der Waals surface area contributed by atoms with E-state index in [0.29, 0.717) is 6.04 Å². The van der Waals surface area contributed by atoms with Gasteiger partial charge in [-0.1, -0.05) is 0 Å². The van der Waals surface area contributed by atoms with E-state index in [1.54, 1.807) is 0 Å². The summed E-state index contributed by atoms with van der Waals surface area (Å²) in [6.07, 6.45) is 3.96. The molecule has 2 fully saturated rings. The molecule has 6 heteroatoms. The number of thiophene rings is 1. The summed E-state index contributed by atoms with van der Waals surface area (Å²) >= 11 is 1.83. The lowest BCUT2D eigenvalue weighted by Crippen LogP contribution is -2.55. The molecule has 4 nitrogen and oxygen atoms in total. The van der Waals surface area contributed by atoms with Crippen molar-refractivity contribution in [2.24, 2.45) is 4.99 Å². The van der Waals surface area contributed by atoms with E-state index in [1.165, 1.54) is 24.3 Å². The van der Waals surface area contributed by atoms with Crippen molar-refractivity contribution in [1.82, 2.24) is 10.2 Å². The molecule has 2 aliphatic rings. The van der Waals surface area contributed by atoms with Gasteiger partial charge in [0.25, 0.3) is 0 Å². The zero-order valence-corrected chi connectivity index (χ0v) is 15.1. The van der Waals surface area contributed by atoms with Crippen molar-refractivity contribution in [2.75, 3.05) is 38.1 Å². The number of nitrogens with zero attached hydrogens (tertiary/aromatic N) is 3. The predicted octanol–water partition coefficient (Wildman–Crippen LogP) is 2.62. The smallest absolute Gasteiger partial charge is 0.193 e. The Bertz CT molecular complexity index is 422. The summed E-state index contributed by atoms with van der Waals surface area (Å²) in [5.41, 5.74) is 0. The number of hydrogen-bond acceptors (Lipinski definition) is 3. The zero-order chi connectivity index (χ0) is 13.1. The SMILES string of the molecule is CN=C(NC1CCC1)N1CCN(c2cccs2)CC1.I. The normalized spacial score (nSPS) is 20.4. The van der Waals surface area contributed by atoms with Crippen molar-refractivity contribution in [2.45, 2.75) is 25.3 Å². The number of nitrogens with one attached hydrogen (secondary N) is 1. The van der Waals surface area contributed by atoms with Crippen molar-refractivity contribution in [3.8, 4) is 0 Å². The molecule has 0 spiro atoms. The second-order valence-corrected chi connectivity index (χ2v) is 6.17. The van der Waals surface area contributed by atoms with Gasteiger partial charge in [-0.2, -0.15) is 0 Å². The average molecular weight is 406 g/mol. The van der Waals surface area contributed by atoms with Crippen LogP contribution >= 0.6 is 35.3 Å². The first kappa shape index (κ1) is 15.9. The molecule has 0 aromatic carbocycles. The number of anilines is 1.